The third-order valence-corrected chi connectivity index (χ3v) is 4.02. The number of non-ortho nitro benzene ring substituents is 1. The van der Waals surface area contributed by atoms with E-state index in [2.05, 4.69) is 26.5 Å². The predicted molar refractivity (Wildman–Crippen MR) is 104 cm³/mol. The van der Waals surface area contributed by atoms with Gasteiger partial charge in [-0.1, -0.05) is 11.6 Å². The molecule has 0 saturated heterocycles. The van der Waals surface area contributed by atoms with E-state index in [1.807, 2.05) is 20.8 Å². The first-order valence-corrected chi connectivity index (χ1v) is 8.61. The normalized spacial score (nSPS) is 11.1. The fraction of sp³-hybridized carbons (Fsp3) is 0.222. The van der Waals surface area contributed by atoms with Crippen molar-refractivity contribution in [2.45, 2.75) is 26.3 Å². The molecule has 9 nitrogen and oxygen atoms in total. The van der Waals surface area contributed by atoms with E-state index in [4.69, 9.17) is 11.6 Å². The second-order valence-electron chi connectivity index (χ2n) is 6.92. The van der Waals surface area contributed by atoms with Gasteiger partial charge in [0.2, 0.25) is 0 Å². The molecule has 0 aliphatic heterocycles. The minimum absolute atomic E-state index is 0.0370. The van der Waals surface area contributed by atoms with E-state index >= 15 is 0 Å². The summed E-state index contributed by atoms with van der Waals surface area (Å²) in [6, 6.07) is 8.05. The van der Waals surface area contributed by atoms with Gasteiger partial charge in [0.1, 0.15) is 28.3 Å². The van der Waals surface area contributed by atoms with Gasteiger partial charge in [0.25, 0.3) is 5.69 Å². The lowest BCUT2D eigenvalue weighted by Gasteiger charge is -2.22. The molecule has 0 bridgehead atoms. The number of nitrogens with zero attached hydrogens (tertiary/aromatic N) is 6. The Kier molecular flexibility index (Phi) is 4.98. The van der Waals surface area contributed by atoms with Crippen molar-refractivity contribution in [3.63, 3.8) is 0 Å². The van der Waals surface area contributed by atoms with E-state index in [-0.39, 0.29) is 16.4 Å². The summed E-state index contributed by atoms with van der Waals surface area (Å²) >= 11 is 5.90. The molecule has 0 spiro atoms. The molecule has 142 valence electrons. The van der Waals surface area contributed by atoms with Crippen LogP contribution in [-0.2, 0) is 5.54 Å². The maximum absolute atomic E-state index is 10.9. The molecule has 2 heterocycles. The quantitative estimate of drug-likeness (QED) is 0.515. The molecule has 1 N–H and O–H groups in total. The molecule has 0 fully saturated rings. The van der Waals surface area contributed by atoms with Gasteiger partial charge in [-0.2, -0.15) is 10.4 Å². The van der Waals surface area contributed by atoms with Crippen molar-refractivity contribution in [2.75, 3.05) is 5.32 Å². The van der Waals surface area contributed by atoms with Crippen molar-refractivity contribution in [2.24, 2.45) is 0 Å². The van der Waals surface area contributed by atoms with Crippen molar-refractivity contribution >= 4 is 28.9 Å². The Hall–Kier alpha value is -3.51. The second-order valence-corrected chi connectivity index (χ2v) is 7.31. The summed E-state index contributed by atoms with van der Waals surface area (Å²) < 4.78 is 1.67. The minimum atomic E-state index is -0.479. The number of nitrogens with one attached hydrogen (secondary N) is 1. The van der Waals surface area contributed by atoms with Crippen molar-refractivity contribution in [1.29, 1.82) is 5.26 Å². The second kappa shape index (κ2) is 7.25. The van der Waals surface area contributed by atoms with Crippen LogP contribution in [0.2, 0.25) is 5.15 Å². The van der Waals surface area contributed by atoms with Gasteiger partial charge in [-0.25, -0.2) is 9.67 Å². The number of hydrogen-bond donors (Lipinski definition) is 1. The number of aromatic nitrogens is 4. The van der Waals surface area contributed by atoms with Crippen LogP contribution in [0.1, 0.15) is 26.3 Å². The Morgan fingerprint density at radius 1 is 1.25 bits per heavy atom. The van der Waals surface area contributed by atoms with E-state index in [0.717, 1.165) is 0 Å². The average molecular weight is 398 g/mol. The van der Waals surface area contributed by atoms with Gasteiger partial charge in [-0.05, 0) is 32.9 Å². The molecule has 0 aliphatic carbocycles. The van der Waals surface area contributed by atoms with Crippen molar-refractivity contribution < 1.29 is 4.92 Å². The lowest BCUT2D eigenvalue weighted by molar-refractivity contribution is -0.384. The van der Waals surface area contributed by atoms with Gasteiger partial charge >= 0.3 is 0 Å². The maximum atomic E-state index is 10.9. The predicted octanol–water partition coefficient (Wildman–Crippen LogP) is 4.27. The van der Waals surface area contributed by atoms with E-state index in [0.29, 0.717) is 22.9 Å². The van der Waals surface area contributed by atoms with Gasteiger partial charge in [0.15, 0.2) is 5.82 Å². The molecule has 28 heavy (non-hydrogen) atoms. The van der Waals surface area contributed by atoms with Crippen LogP contribution in [0.15, 0.2) is 36.7 Å². The highest BCUT2D eigenvalue weighted by Crippen LogP contribution is 2.34. The highest BCUT2D eigenvalue weighted by Gasteiger charge is 2.26. The average Bonchev–Trinajstić information content (AvgIpc) is 3.00. The van der Waals surface area contributed by atoms with Gasteiger partial charge in [0.05, 0.1) is 22.9 Å². The molecule has 10 heteroatoms. The molecule has 0 radical (unpaired) electrons. The zero-order valence-electron chi connectivity index (χ0n) is 15.3. The first kappa shape index (κ1) is 19.3. The molecule has 0 amide bonds. The van der Waals surface area contributed by atoms with E-state index in [9.17, 15) is 15.4 Å². The number of hydrogen-bond acceptors (Lipinski definition) is 7. The van der Waals surface area contributed by atoms with Crippen molar-refractivity contribution in [1.82, 2.24) is 19.7 Å². The standard InChI is InChI=1S/C18H16ClN7O2/c1-18(2,3)25-17(23-15-10-21-9-14(19)22-15)13(8-20)16(24-25)11-4-6-12(7-5-11)26(27)28/h4-7,9-10H,1-3H3,(H,22,23). The zero-order chi connectivity index (χ0) is 20.5. The number of nitriles is 1. The summed E-state index contributed by atoms with van der Waals surface area (Å²) in [4.78, 5) is 18.5. The first-order valence-electron chi connectivity index (χ1n) is 8.23. The number of halogens is 1. The fourth-order valence-corrected chi connectivity index (χ4v) is 2.74. The Morgan fingerprint density at radius 3 is 2.46 bits per heavy atom. The summed E-state index contributed by atoms with van der Waals surface area (Å²) in [5.41, 5.74) is 0.782. The molecule has 0 unspecified atom stereocenters. The molecule has 0 atom stereocenters. The molecule has 0 saturated carbocycles. The van der Waals surface area contributed by atoms with Gasteiger partial charge in [-0.15, -0.1) is 0 Å². The first-order chi connectivity index (χ1) is 13.2. The molecule has 0 aliphatic rings. The van der Waals surface area contributed by atoms with Gasteiger partial charge in [0, 0.05) is 17.7 Å². The van der Waals surface area contributed by atoms with E-state index in [1.165, 1.54) is 24.5 Å². The lowest BCUT2D eigenvalue weighted by atomic mass is 10.1. The summed E-state index contributed by atoms with van der Waals surface area (Å²) in [6.45, 7) is 5.82. The molecular formula is C18H16ClN7O2. The molecule has 3 rings (SSSR count). The van der Waals surface area contributed by atoms with Crippen LogP contribution < -0.4 is 5.32 Å². The highest BCUT2D eigenvalue weighted by atomic mass is 35.5. The Balaban J connectivity index is 2.15. The molecule has 1 aromatic carbocycles. The molecular weight excluding hydrogens is 382 g/mol. The van der Waals surface area contributed by atoms with Crippen molar-refractivity contribution in [3.05, 3.63) is 57.5 Å². The van der Waals surface area contributed by atoms with Gasteiger partial charge < -0.3 is 5.32 Å². The topological polar surface area (TPSA) is 123 Å². The summed E-state index contributed by atoms with van der Waals surface area (Å²) in [5, 5.41) is 28.6. The van der Waals surface area contributed by atoms with Crippen LogP contribution in [0.5, 0.6) is 0 Å². The number of nitro groups is 1. The number of nitro benzene ring substituents is 1. The summed E-state index contributed by atoms with van der Waals surface area (Å²) in [6.07, 6.45) is 2.89. The van der Waals surface area contributed by atoms with Crippen LogP contribution in [0.3, 0.4) is 0 Å². The molecule has 3 aromatic rings. The van der Waals surface area contributed by atoms with Gasteiger partial charge in [-0.3, -0.25) is 15.1 Å². The summed E-state index contributed by atoms with van der Waals surface area (Å²) in [5.74, 6) is 0.796. The SMILES string of the molecule is CC(C)(C)n1nc(-c2ccc([N+](=O)[O-])cc2)c(C#N)c1Nc1cncc(Cl)n1. The largest absolute Gasteiger partial charge is 0.323 e. The number of benzene rings is 1. The van der Waals surface area contributed by atoms with E-state index in [1.54, 1.807) is 16.8 Å². The Bertz CT molecular complexity index is 1080. The molecule has 2 aromatic heterocycles. The Morgan fingerprint density at radius 2 is 1.93 bits per heavy atom. The highest BCUT2D eigenvalue weighted by molar-refractivity contribution is 6.29. The summed E-state index contributed by atoms with van der Waals surface area (Å²) in [7, 11) is 0. The van der Waals surface area contributed by atoms with Crippen LogP contribution in [0.25, 0.3) is 11.3 Å². The third kappa shape index (κ3) is 3.77. The zero-order valence-corrected chi connectivity index (χ0v) is 16.1. The van der Waals surface area contributed by atoms with Crippen LogP contribution in [0.4, 0.5) is 17.3 Å². The van der Waals surface area contributed by atoms with Crippen molar-refractivity contribution in [3.8, 4) is 17.3 Å². The fourth-order valence-electron chi connectivity index (χ4n) is 2.59. The van der Waals surface area contributed by atoms with Crippen LogP contribution in [0, 0.1) is 21.4 Å². The van der Waals surface area contributed by atoms with E-state index < -0.39 is 10.5 Å². The third-order valence-electron chi connectivity index (χ3n) is 3.84. The minimum Gasteiger partial charge on any atom is -0.323 e. The maximum Gasteiger partial charge on any atom is 0.269 e. The lowest BCUT2D eigenvalue weighted by Crippen LogP contribution is -2.24. The van der Waals surface area contributed by atoms with Crippen LogP contribution in [-0.4, -0.2) is 24.7 Å². The number of anilines is 2. The van der Waals surface area contributed by atoms with Crippen LogP contribution >= 0.6 is 11.6 Å². The Labute approximate surface area is 165 Å². The number of rotatable bonds is 4. The smallest absolute Gasteiger partial charge is 0.269 e. The monoisotopic (exact) mass is 397 g/mol.